The molecule has 7 nitrogen and oxygen atoms in total. The van der Waals surface area contributed by atoms with Gasteiger partial charge in [-0.05, 0) is 24.6 Å². The van der Waals surface area contributed by atoms with E-state index in [0.29, 0.717) is 17.0 Å². The van der Waals surface area contributed by atoms with Crippen molar-refractivity contribution < 1.29 is 9.21 Å². The number of fused-ring (bicyclic) bond motifs is 1. The first-order chi connectivity index (χ1) is 14.5. The van der Waals surface area contributed by atoms with Gasteiger partial charge in [0.1, 0.15) is 5.58 Å². The Labute approximate surface area is 177 Å². The molecule has 0 aliphatic rings. The van der Waals surface area contributed by atoms with Crippen molar-refractivity contribution in [2.45, 2.75) is 31.3 Å². The van der Waals surface area contributed by atoms with Crippen LogP contribution in [0.2, 0.25) is 0 Å². The second-order valence-electron chi connectivity index (χ2n) is 6.69. The molecule has 2 heterocycles. The first kappa shape index (κ1) is 19.9. The monoisotopic (exact) mass is 420 g/mol. The molecule has 0 fully saturated rings. The zero-order valence-electron chi connectivity index (χ0n) is 16.6. The third kappa shape index (κ3) is 4.13. The highest BCUT2D eigenvalue weighted by Gasteiger charge is 2.14. The number of carbonyl (C=O) groups is 1. The molecule has 0 saturated carbocycles. The molecule has 8 heteroatoms. The van der Waals surface area contributed by atoms with Crippen molar-refractivity contribution in [1.29, 1.82) is 0 Å². The summed E-state index contributed by atoms with van der Waals surface area (Å²) in [5.74, 6) is 1.17. The van der Waals surface area contributed by atoms with Crippen molar-refractivity contribution >= 4 is 34.3 Å². The molecule has 0 unspecified atom stereocenters. The average Bonchev–Trinajstić information content (AvgIpc) is 3.14. The predicted octanol–water partition coefficient (Wildman–Crippen LogP) is 4.32. The summed E-state index contributed by atoms with van der Waals surface area (Å²) in [5, 5.41) is 13.0. The molecule has 0 spiro atoms. The van der Waals surface area contributed by atoms with E-state index in [0.717, 1.165) is 34.0 Å². The van der Waals surface area contributed by atoms with Crippen LogP contribution >= 0.6 is 11.8 Å². The molecule has 4 rings (SSSR count). The number of aromatic nitrogens is 3. The van der Waals surface area contributed by atoms with Gasteiger partial charge in [0.25, 0.3) is 0 Å². The van der Waals surface area contributed by atoms with E-state index in [1.165, 1.54) is 24.8 Å². The summed E-state index contributed by atoms with van der Waals surface area (Å²) in [6, 6.07) is 16.7. The smallest absolute Gasteiger partial charge is 0.336 e. The quantitative estimate of drug-likeness (QED) is 0.369. The summed E-state index contributed by atoms with van der Waals surface area (Å²) >= 11 is 1.52. The van der Waals surface area contributed by atoms with E-state index in [2.05, 4.69) is 27.0 Å². The SMILES string of the molecule is CCn1c(SCc2cc(=O)oc3cc(NC(C)=O)ccc23)nnc1-c1ccccc1. The summed E-state index contributed by atoms with van der Waals surface area (Å²) in [7, 11) is 0. The number of amides is 1. The molecule has 0 bridgehead atoms. The van der Waals surface area contributed by atoms with Gasteiger partial charge in [-0.3, -0.25) is 4.79 Å². The summed E-state index contributed by atoms with van der Waals surface area (Å²) in [5.41, 5.74) is 2.44. The molecule has 2 aromatic carbocycles. The van der Waals surface area contributed by atoms with E-state index in [1.54, 1.807) is 12.1 Å². The van der Waals surface area contributed by atoms with E-state index < -0.39 is 5.63 Å². The van der Waals surface area contributed by atoms with E-state index >= 15 is 0 Å². The van der Waals surface area contributed by atoms with E-state index in [4.69, 9.17) is 4.42 Å². The Balaban J connectivity index is 1.63. The second-order valence-corrected chi connectivity index (χ2v) is 7.63. The summed E-state index contributed by atoms with van der Waals surface area (Å²) in [6.07, 6.45) is 0. The van der Waals surface area contributed by atoms with Gasteiger partial charge < -0.3 is 14.3 Å². The lowest BCUT2D eigenvalue weighted by Crippen LogP contribution is -2.06. The molecular formula is C22H20N4O3S. The van der Waals surface area contributed by atoms with Gasteiger partial charge in [0.15, 0.2) is 11.0 Å². The lowest BCUT2D eigenvalue weighted by molar-refractivity contribution is -0.114. The van der Waals surface area contributed by atoms with Crippen molar-refractivity contribution in [3.8, 4) is 11.4 Å². The van der Waals surface area contributed by atoms with Gasteiger partial charge in [-0.1, -0.05) is 42.1 Å². The van der Waals surface area contributed by atoms with Crippen LogP contribution in [0.3, 0.4) is 0 Å². The molecule has 2 aromatic heterocycles. The molecule has 0 radical (unpaired) electrons. The Kier molecular flexibility index (Phi) is 5.67. The highest BCUT2D eigenvalue weighted by Crippen LogP contribution is 2.29. The van der Waals surface area contributed by atoms with Gasteiger partial charge in [-0.2, -0.15) is 0 Å². The number of anilines is 1. The van der Waals surface area contributed by atoms with Gasteiger partial charge in [0.05, 0.1) is 0 Å². The van der Waals surface area contributed by atoms with Gasteiger partial charge >= 0.3 is 5.63 Å². The average molecular weight is 420 g/mol. The maximum absolute atomic E-state index is 12.1. The predicted molar refractivity (Wildman–Crippen MR) is 117 cm³/mol. The molecule has 0 aliphatic heterocycles. The molecular weight excluding hydrogens is 400 g/mol. The molecule has 0 saturated heterocycles. The lowest BCUT2D eigenvalue weighted by Gasteiger charge is -2.09. The number of benzene rings is 2. The number of nitrogens with zero attached hydrogens (tertiary/aromatic N) is 3. The van der Waals surface area contributed by atoms with Crippen molar-refractivity contribution in [3.05, 3.63) is 70.6 Å². The number of nitrogens with one attached hydrogen (secondary N) is 1. The molecule has 1 amide bonds. The second kappa shape index (κ2) is 8.54. The van der Waals surface area contributed by atoms with Crippen LogP contribution in [0.25, 0.3) is 22.4 Å². The van der Waals surface area contributed by atoms with Crippen LogP contribution in [-0.2, 0) is 17.1 Å². The van der Waals surface area contributed by atoms with Crippen molar-refractivity contribution in [1.82, 2.24) is 14.8 Å². The van der Waals surface area contributed by atoms with Crippen LogP contribution in [0.4, 0.5) is 5.69 Å². The third-order valence-electron chi connectivity index (χ3n) is 4.57. The van der Waals surface area contributed by atoms with Crippen LogP contribution in [0.15, 0.2) is 69.0 Å². The van der Waals surface area contributed by atoms with Crippen LogP contribution in [0.5, 0.6) is 0 Å². The first-order valence-electron chi connectivity index (χ1n) is 9.51. The van der Waals surface area contributed by atoms with Crippen LogP contribution in [0.1, 0.15) is 19.4 Å². The Morgan fingerprint density at radius 1 is 1.13 bits per heavy atom. The van der Waals surface area contributed by atoms with Crippen molar-refractivity contribution in [3.63, 3.8) is 0 Å². The standard InChI is InChI=1S/C22H20N4O3S/c1-3-26-21(15-7-5-4-6-8-15)24-25-22(26)30-13-16-11-20(28)29-19-12-17(23-14(2)27)9-10-18(16)19/h4-12H,3,13H2,1-2H3,(H,23,27). The fourth-order valence-corrected chi connectivity index (χ4v) is 4.25. The minimum atomic E-state index is -0.431. The molecule has 4 aromatic rings. The summed E-state index contributed by atoms with van der Waals surface area (Å²) in [4.78, 5) is 23.4. The topological polar surface area (TPSA) is 90.0 Å². The Bertz CT molecular complexity index is 1260. The molecule has 0 aliphatic carbocycles. The fourth-order valence-electron chi connectivity index (χ4n) is 3.25. The van der Waals surface area contributed by atoms with Gasteiger partial charge in [0, 0.05) is 48.0 Å². The normalized spacial score (nSPS) is 11.0. The largest absolute Gasteiger partial charge is 0.423 e. The summed E-state index contributed by atoms with van der Waals surface area (Å²) in [6.45, 7) is 4.22. The Morgan fingerprint density at radius 2 is 1.93 bits per heavy atom. The van der Waals surface area contributed by atoms with Crippen LogP contribution < -0.4 is 10.9 Å². The lowest BCUT2D eigenvalue weighted by atomic mass is 10.1. The number of carbonyl (C=O) groups excluding carboxylic acids is 1. The minimum Gasteiger partial charge on any atom is -0.423 e. The Morgan fingerprint density at radius 3 is 2.67 bits per heavy atom. The molecule has 1 N–H and O–H groups in total. The van der Waals surface area contributed by atoms with Crippen LogP contribution in [-0.4, -0.2) is 20.7 Å². The molecule has 152 valence electrons. The van der Waals surface area contributed by atoms with Crippen molar-refractivity contribution in [2.24, 2.45) is 0 Å². The highest BCUT2D eigenvalue weighted by atomic mass is 32.2. The molecule has 30 heavy (non-hydrogen) atoms. The zero-order valence-corrected chi connectivity index (χ0v) is 17.4. The van der Waals surface area contributed by atoms with Gasteiger partial charge in [-0.25, -0.2) is 4.79 Å². The number of hydrogen-bond donors (Lipinski definition) is 1. The van der Waals surface area contributed by atoms with Crippen LogP contribution in [0, 0.1) is 0 Å². The van der Waals surface area contributed by atoms with Crippen molar-refractivity contribution in [2.75, 3.05) is 5.32 Å². The van der Waals surface area contributed by atoms with E-state index in [-0.39, 0.29) is 5.91 Å². The maximum Gasteiger partial charge on any atom is 0.336 e. The van der Waals surface area contributed by atoms with E-state index in [9.17, 15) is 9.59 Å². The maximum atomic E-state index is 12.1. The zero-order chi connectivity index (χ0) is 21.1. The fraction of sp³-hybridized carbons (Fsp3) is 0.182. The summed E-state index contributed by atoms with van der Waals surface area (Å²) < 4.78 is 7.39. The number of hydrogen-bond acceptors (Lipinski definition) is 6. The molecule has 0 atom stereocenters. The number of rotatable bonds is 6. The highest BCUT2D eigenvalue weighted by molar-refractivity contribution is 7.98. The Hall–Kier alpha value is -3.39. The number of thioether (sulfide) groups is 1. The van der Waals surface area contributed by atoms with Gasteiger partial charge in [0.2, 0.25) is 5.91 Å². The first-order valence-corrected chi connectivity index (χ1v) is 10.5. The third-order valence-corrected chi connectivity index (χ3v) is 5.59. The minimum absolute atomic E-state index is 0.184. The van der Waals surface area contributed by atoms with E-state index in [1.807, 2.05) is 36.4 Å². The van der Waals surface area contributed by atoms with Gasteiger partial charge in [-0.15, -0.1) is 10.2 Å².